The van der Waals surface area contributed by atoms with Crippen LogP contribution < -0.4 is 11.1 Å². The average Bonchev–Trinajstić information content (AvgIpc) is 3.24. The second kappa shape index (κ2) is 8.17. The predicted molar refractivity (Wildman–Crippen MR) is 120 cm³/mol. The summed E-state index contributed by atoms with van der Waals surface area (Å²) < 4.78 is 0. The molecule has 0 bridgehead atoms. The van der Waals surface area contributed by atoms with Crippen molar-refractivity contribution in [2.75, 3.05) is 5.32 Å². The molecule has 5 heteroatoms. The molecule has 0 fully saturated rings. The summed E-state index contributed by atoms with van der Waals surface area (Å²) in [5, 5.41) is 2.94. The monoisotopic (exact) mass is 395 g/mol. The minimum Gasteiger partial charge on any atom is -0.366 e. The number of carbonyl (C=O) groups excluding carboxylic acids is 2. The van der Waals surface area contributed by atoms with E-state index in [-0.39, 0.29) is 5.91 Å². The maximum Gasteiger partial charge on any atom is 0.249 e. The third kappa shape index (κ3) is 3.78. The van der Waals surface area contributed by atoms with Crippen LogP contribution in [0.4, 0.5) is 5.69 Å². The molecule has 0 saturated carbocycles. The number of pyridine rings is 1. The molecule has 3 aromatic rings. The zero-order chi connectivity index (χ0) is 21.1. The van der Waals surface area contributed by atoms with Gasteiger partial charge in [0.15, 0.2) is 0 Å². The molecular formula is C25H21N3O2. The summed E-state index contributed by atoms with van der Waals surface area (Å²) in [5.41, 5.74) is 12.5. The van der Waals surface area contributed by atoms with Gasteiger partial charge in [-0.25, -0.2) is 0 Å². The SMILES string of the molecule is Cc1c(NC(=O)/C=C/c2ccccn2)cccc1-c1ccc(C(N)=O)c2c1C=CC2. The van der Waals surface area contributed by atoms with Crippen LogP contribution in [0, 0.1) is 6.92 Å². The van der Waals surface area contributed by atoms with Crippen LogP contribution in [0.15, 0.2) is 66.9 Å². The van der Waals surface area contributed by atoms with Crippen LogP contribution in [-0.4, -0.2) is 16.8 Å². The molecule has 4 rings (SSSR count). The molecule has 5 nitrogen and oxygen atoms in total. The highest BCUT2D eigenvalue weighted by Gasteiger charge is 2.19. The Morgan fingerprint density at radius 2 is 1.93 bits per heavy atom. The first kappa shape index (κ1) is 19.3. The van der Waals surface area contributed by atoms with Crippen molar-refractivity contribution in [3.63, 3.8) is 0 Å². The maximum atomic E-state index is 12.4. The lowest BCUT2D eigenvalue weighted by molar-refractivity contribution is -0.111. The number of benzene rings is 2. The van der Waals surface area contributed by atoms with Gasteiger partial charge >= 0.3 is 0 Å². The van der Waals surface area contributed by atoms with Crippen LogP contribution in [0.3, 0.4) is 0 Å². The minimum absolute atomic E-state index is 0.227. The van der Waals surface area contributed by atoms with E-state index in [9.17, 15) is 9.59 Å². The Labute approximate surface area is 175 Å². The average molecular weight is 395 g/mol. The van der Waals surface area contributed by atoms with Crippen molar-refractivity contribution in [2.24, 2.45) is 5.73 Å². The lowest BCUT2D eigenvalue weighted by Gasteiger charge is -2.16. The summed E-state index contributed by atoms with van der Waals surface area (Å²) in [6, 6.07) is 15.0. The summed E-state index contributed by atoms with van der Waals surface area (Å²) in [6.07, 6.45) is 9.57. The largest absolute Gasteiger partial charge is 0.366 e. The Bertz CT molecular complexity index is 1190. The van der Waals surface area contributed by atoms with Gasteiger partial charge in [0.1, 0.15) is 0 Å². The molecule has 1 aliphatic rings. The van der Waals surface area contributed by atoms with Gasteiger partial charge in [-0.15, -0.1) is 0 Å². The summed E-state index contributed by atoms with van der Waals surface area (Å²) in [4.78, 5) is 28.3. The van der Waals surface area contributed by atoms with Gasteiger partial charge < -0.3 is 11.1 Å². The van der Waals surface area contributed by atoms with E-state index in [2.05, 4.69) is 10.3 Å². The molecule has 0 atom stereocenters. The molecule has 1 aromatic heterocycles. The fourth-order valence-corrected chi connectivity index (χ4v) is 3.71. The van der Waals surface area contributed by atoms with Gasteiger partial charge in [0.05, 0.1) is 5.69 Å². The molecule has 2 amide bonds. The number of rotatable bonds is 5. The standard InChI is InChI=1S/C25H21N3O2/c1-16-18(21-12-13-22(25(26)30)20-9-4-8-19(20)21)7-5-10-23(16)28-24(29)14-11-17-6-2-3-15-27-17/h2-8,10-15H,9H2,1H3,(H2,26,30)(H,28,29)/b14-11+. The first-order valence-corrected chi connectivity index (χ1v) is 9.67. The Hall–Kier alpha value is -3.99. The first-order valence-electron chi connectivity index (χ1n) is 9.67. The number of fused-ring (bicyclic) bond motifs is 1. The van der Waals surface area contributed by atoms with Gasteiger partial charge in [0.25, 0.3) is 0 Å². The number of nitrogens with one attached hydrogen (secondary N) is 1. The fourth-order valence-electron chi connectivity index (χ4n) is 3.71. The van der Waals surface area contributed by atoms with E-state index < -0.39 is 5.91 Å². The smallest absolute Gasteiger partial charge is 0.249 e. The number of amides is 2. The molecular weight excluding hydrogens is 374 g/mol. The van der Waals surface area contributed by atoms with E-state index >= 15 is 0 Å². The Balaban J connectivity index is 1.64. The normalized spacial score (nSPS) is 12.2. The van der Waals surface area contributed by atoms with E-state index in [1.165, 1.54) is 6.08 Å². The number of nitrogens with zero attached hydrogens (tertiary/aromatic N) is 1. The quantitative estimate of drug-likeness (QED) is 0.629. The molecule has 1 heterocycles. The van der Waals surface area contributed by atoms with Crippen molar-refractivity contribution in [3.8, 4) is 11.1 Å². The van der Waals surface area contributed by atoms with Crippen LogP contribution >= 0.6 is 0 Å². The van der Waals surface area contributed by atoms with Crippen LogP contribution in [0.5, 0.6) is 0 Å². The summed E-state index contributed by atoms with van der Waals surface area (Å²) in [7, 11) is 0. The molecule has 1 aliphatic carbocycles. The summed E-state index contributed by atoms with van der Waals surface area (Å²) >= 11 is 0. The second-order valence-corrected chi connectivity index (χ2v) is 7.08. The minimum atomic E-state index is -0.418. The summed E-state index contributed by atoms with van der Waals surface area (Å²) in [5.74, 6) is -0.644. The molecule has 0 saturated heterocycles. The highest BCUT2D eigenvalue weighted by atomic mass is 16.1. The second-order valence-electron chi connectivity index (χ2n) is 7.08. The number of primary amides is 1. The zero-order valence-electron chi connectivity index (χ0n) is 16.6. The van der Waals surface area contributed by atoms with E-state index in [1.807, 2.05) is 61.5 Å². The van der Waals surface area contributed by atoms with Gasteiger partial charge in [0, 0.05) is 23.5 Å². The highest BCUT2D eigenvalue weighted by molar-refractivity contribution is 6.03. The maximum absolute atomic E-state index is 12.4. The highest BCUT2D eigenvalue weighted by Crippen LogP contribution is 2.36. The van der Waals surface area contributed by atoms with Crippen LogP contribution in [0.1, 0.15) is 32.7 Å². The van der Waals surface area contributed by atoms with Crippen LogP contribution in [0.25, 0.3) is 23.3 Å². The Kier molecular flexibility index (Phi) is 5.26. The predicted octanol–water partition coefficient (Wildman–Crippen LogP) is 4.38. The molecule has 0 radical (unpaired) electrons. The molecule has 0 aliphatic heterocycles. The van der Waals surface area contributed by atoms with Crippen molar-refractivity contribution in [1.29, 1.82) is 0 Å². The number of hydrogen-bond donors (Lipinski definition) is 2. The van der Waals surface area contributed by atoms with Crippen molar-refractivity contribution in [2.45, 2.75) is 13.3 Å². The van der Waals surface area contributed by atoms with Gasteiger partial charge in [-0.05, 0) is 71.5 Å². The number of anilines is 1. The van der Waals surface area contributed by atoms with E-state index in [0.717, 1.165) is 39.2 Å². The van der Waals surface area contributed by atoms with Crippen molar-refractivity contribution < 1.29 is 9.59 Å². The Morgan fingerprint density at radius 3 is 2.70 bits per heavy atom. The zero-order valence-corrected chi connectivity index (χ0v) is 16.6. The molecule has 3 N–H and O–H groups in total. The first-order chi connectivity index (χ1) is 14.5. The number of aromatic nitrogens is 1. The third-order valence-corrected chi connectivity index (χ3v) is 5.20. The third-order valence-electron chi connectivity index (χ3n) is 5.20. The number of carbonyl (C=O) groups is 2. The van der Waals surface area contributed by atoms with Gasteiger partial charge in [-0.2, -0.15) is 0 Å². The fraction of sp³-hybridized carbons (Fsp3) is 0.0800. The molecule has 148 valence electrons. The number of allylic oxidation sites excluding steroid dienone is 1. The molecule has 30 heavy (non-hydrogen) atoms. The van der Waals surface area contributed by atoms with Gasteiger partial charge in [-0.3, -0.25) is 14.6 Å². The number of hydrogen-bond acceptors (Lipinski definition) is 3. The van der Waals surface area contributed by atoms with E-state index in [1.54, 1.807) is 18.3 Å². The Morgan fingerprint density at radius 1 is 1.07 bits per heavy atom. The van der Waals surface area contributed by atoms with Crippen molar-refractivity contribution in [1.82, 2.24) is 4.98 Å². The van der Waals surface area contributed by atoms with Crippen molar-refractivity contribution in [3.05, 3.63) is 94.8 Å². The van der Waals surface area contributed by atoms with Gasteiger partial charge in [0.2, 0.25) is 11.8 Å². The van der Waals surface area contributed by atoms with Crippen LogP contribution in [0.2, 0.25) is 0 Å². The number of nitrogens with two attached hydrogens (primary N) is 1. The topological polar surface area (TPSA) is 85.1 Å². The summed E-state index contributed by atoms with van der Waals surface area (Å²) in [6.45, 7) is 1.97. The van der Waals surface area contributed by atoms with E-state index in [4.69, 9.17) is 5.73 Å². The molecule has 0 spiro atoms. The van der Waals surface area contributed by atoms with E-state index in [0.29, 0.717) is 12.0 Å². The van der Waals surface area contributed by atoms with Crippen molar-refractivity contribution >= 4 is 29.7 Å². The lowest BCUT2D eigenvalue weighted by Crippen LogP contribution is -2.14. The van der Waals surface area contributed by atoms with Gasteiger partial charge in [-0.1, -0.05) is 36.4 Å². The molecule has 2 aromatic carbocycles. The molecule has 0 unspecified atom stereocenters. The lowest BCUT2D eigenvalue weighted by atomic mass is 9.90. The van der Waals surface area contributed by atoms with Crippen LogP contribution in [-0.2, 0) is 11.2 Å².